The Kier molecular flexibility index (Phi) is 6.87. The van der Waals surface area contributed by atoms with Crippen molar-refractivity contribution in [3.8, 4) is 0 Å². The van der Waals surface area contributed by atoms with E-state index in [9.17, 15) is 13.2 Å². The van der Waals surface area contributed by atoms with Crippen molar-refractivity contribution in [3.63, 3.8) is 0 Å². The molecule has 0 radical (unpaired) electrons. The predicted molar refractivity (Wildman–Crippen MR) is 116 cm³/mol. The lowest BCUT2D eigenvalue weighted by Crippen LogP contribution is -2.50. The Morgan fingerprint density at radius 1 is 1.00 bits per heavy atom. The minimum absolute atomic E-state index is 0.0937. The monoisotopic (exact) mass is 412 g/mol. The van der Waals surface area contributed by atoms with Crippen LogP contribution in [0.4, 0.5) is 0 Å². The molecule has 2 aromatic carbocycles. The van der Waals surface area contributed by atoms with E-state index in [0.29, 0.717) is 37.0 Å². The number of carbonyl (C=O) groups is 1. The van der Waals surface area contributed by atoms with Crippen LogP contribution in [-0.4, -0.2) is 49.7 Å². The zero-order chi connectivity index (χ0) is 20.9. The smallest absolute Gasteiger partial charge is 0.246 e. The lowest BCUT2D eigenvalue weighted by molar-refractivity contribution is -0.127. The summed E-state index contributed by atoms with van der Waals surface area (Å²) in [6.45, 7) is 5.64. The number of carbonyl (C=O) groups excluding carboxylic acids is 1. The van der Waals surface area contributed by atoms with E-state index in [1.165, 1.54) is 4.31 Å². The van der Waals surface area contributed by atoms with Crippen molar-refractivity contribution in [1.82, 2.24) is 9.21 Å². The molecule has 2 aromatic rings. The Morgan fingerprint density at radius 2 is 1.62 bits per heavy atom. The molecule has 1 saturated heterocycles. The molecule has 0 aromatic heterocycles. The Bertz CT molecular complexity index is 945. The number of nitrogens with zero attached hydrogens (tertiary/aromatic N) is 2. The van der Waals surface area contributed by atoms with Crippen molar-refractivity contribution in [2.24, 2.45) is 0 Å². The fourth-order valence-corrected chi connectivity index (χ4v) is 4.76. The van der Waals surface area contributed by atoms with E-state index in [-0.39, 0.29) is 5.91 Å². The van der Waals surface area contributed by atoms with Crippen LogP contribution in [0.3, 0.4) is 0 Å². The predicted octanol–water partition coefficient (Wildman–Crippen LogP) is 3.75. The van der Waals surface area contributed by atoms with Crippen molar-refractivity contribution in [1.29, 1.82) is 0 Å². The molecule has 154 valence electrons. The molecule has 0 saturated carbocycles. The van der Waals surface area contributed by atoms with E-state index in [1.807, 2.05) is 42.5 Å². The number of benzene rings is 2. The molecule has 0 bridgehead atoms. The third-order valence-electron chi connectivity index (χ3n) is 5.47. The van der Waals surface area contributed by atoms with Gasteiger partial charge in [-0.3, -0.25) is 4.79 Å². The van der Waals surface area contributed by atoms with Crippen LogP contribution < -0.4 is 0 Å². The average Bonchev–Trinajstić information content (AvgIpc) is 2.77. The van der Waals surface area contributed by atoms with E-state index in [1.54, 1.807) is 29.2 Å². The van der Waals surface area contributed by atoms with E-state index >= 15 is 0 Å². The fourth-order valence-electron chi connectivity index (χ4n) is 3.34. The molecule has 1 amide bonds. The second-order valence-corrected chi connectivity index (χ2v) is 9.29. The van der Waals surface area contributed by atoms with Crippen molar-refractivity contribution in [3.05, 3.63) is 71.8 Å². The zero-order valence-electron chi connectivity index (χ0n) is 17.0. The quantitative estimate of drug-likeness (QED) is 0.679. The molecule has 1 fully saturated rings. The lowest BCUT2D eigenvalue weighted by Gasteiger charge is -2.33. The van der Waals surface area contributed by atoms with E-state index in [0.717, 1.165) is 17.5 Å². The summed E-state index contributed by atoms with van der Waals surface area (Å²) in [6, 6.07) is 16.8. The van der Waals surface area contributed by atoms with Gasteiger partial charge in [-0.1, -0.05) is 56.3 Å². The minimum Gasteiger partial charge on any atom is -0.337 e. The molecule has 0 spiro atoms. The van der Waals surface area contributed by atoms with Gasteiger partial charge in [-0.2, -0.15) is 4.31 Å². The molecular weight excluding hydrogens is 384 g/mol. The Hall–Kier alpha value is -2.44. The first kappa shape index (κ1) is 21.3. The first-order valence-electron chi connectivity index (χ1n) is 10.0. The fraction of sp³-hybridized carbons (Fsp3) is 0.348. The topological polar surface area (TPSA) is 57.7 Å². The summed E-state index contributed by atoms with van der Waals surface area (Å²) in [6.07, 6.45) is 4.35. The minimum atomic E-state index is -3.54. The molecule has 3 rings (SSSR count). The Labute approximate surface area is 173 Å². The van der Waals surface area contributed by atoms with Gasteiger partial charge in [0.1, 0.15) is 0 Å². The standard InChI is InChI=1S/C23H28N2O3S/c1-3-19(2)21-10-12-22(13-11-21)29(27,28)25-17-15-24(16-18-25)23(26)14-9-20-7-5-4-6-8-20/h4-14,19H,3,15-18H2,1-2H3/b14-9+/t19-/m0/s1. The molecule has 0 N–H and O–H groups in total. The van der Waals surface area contributed by atoms with Crippen molar-refractivity contribution in [2.45, 2.75) is 31.1 Å². The van der Waals surface area contributed by atoms with Crippen molar-refractivity contribution >= 4 is 22.0 Å². The van der Waals surface area contributed by atoms with Gasteiger partial charge in [0.05, 0.1) is 4.90 Å². The van der Waals surface area contributed by atoms with Crippen LogP contribution in [0.5, 0.6) is 0 Å². The molecule has 1 heterocycles. The largest absolute Gasteiger partial charge is 0.337 e. The number of hydrogen-bond acceptors (Lipinski definition) is 3. The highest BCUT2D eigenvalue weighted by molar-refractivity contribution is 7.89. The van der Waals surface area contributed by atoms with Crippen LogP contribution in [0.15, 0.2) is 65.6 Å². The SMILES string of the molecule is CC[C@H](C)c1ccc(S(=O)(=O)N2CCN(C(=O)/C=C/c3ccccc3)CC2)cc1. The summed E-state index contributed by atoms with van der Waals surface area (Å²) >= 11 is 0. The van der Waals surface area contributed by atoms with Crippen LogP contribution in [0.25, 0.3) is 6.08 Å². The number of amides is 1. The van der Waals surface area contributed by atoms with Gasteiger partial charge in [0.2, 0.25) is 15.9 Å². The van der Waals surface area contributed by atoms with Crippen LogP contribution >= 0.6 is 0 Å². The van der Waals surface area contributed by atoms with Crippen LogP contribution in [0.2, 0.25) is 0 Å². The molecule has 29 heavy (non-hydrogen) atoms. The first-order chi connectivity index (χ1) is 13.9. The summed E-state index contributed by atoms with van der Waals surface area (Å²) in [4.78, 5) is 14.4. The third kappa shape index (κ3) is 5.14. The summed E-state index contributed by atoms with van der Waals surface area (Å²) in [5.41, 5.74) is 2.11. The van der Waals surface area contributed by atoms with Crippen LogP contribution in [0.1, 0.15) is 37.3 Å². The molecule has 6 heteroatoms. The first-order valence-corrected chi connectivity index (χ1v) is 11.5. The number of hydrogen-bond donors (Lipinski definition) is 0. The second kappa shape index (κ2) is 9.37. The molecule has 0 unspecified atom stereocenters. The maximum atomic E-state index is 12.9. The van der Waals surface area contributed by atoms with Gasteiger partial charge >= 0.3 is 0 Å². The van der Waals surface area contributed by atoms with Gasteiger partial charge < -0.3 is 4.90 Å². The van der Waals surface area contributed by atoms with E-state index in [4.69, 9.17) is 0 Å². The Balaban J connectivity index is 1.60. The highest BCUT2D eigenvalue weighted by atomic mass is 32.2. The second-order valence-electron chi connectivity index (χ2n) is 7.35. The number of piperazine rings is 1. The maximum absolute atomic E-state index is 12.9. The molecule has 1 atom stereocenters. The summed E-state index contributed by atoms with van der Waals surface area (Å²) < 4.78 is 27.3. The van der Waals surface area contributed by atoms with E-state index in [2.05, 4.69) is 13.8 Å². The summed E-state index contributed by atoms with van der Waals surface area (Å²) in [7, 11) is -3.54. The molecular formula is C23H28N2O3S. The maximum Gasteiger partial charge on any atom is 0.246 e. The van der Waals surface area contributed by atoms with Gasteiger partial charge in [-0.05, 0) is 41.7 Å². The van der Waals surface area contributed by atoms with Crippen molar-refractivity contribution < 1.29 is 13.2 Å². The van der Waals surface area contributed by atoms with Crippen LogP contribution in [0, 0.1) is 0 Å². The van der Waals surface area contributed by atoms with E-state index < -0.39 is 10.0 Å². The molecule has 5 nitrogen and oxygen atoms in total. The van der Waals surface area contributed by atoms with Gasteiger partial charge in [0, 0.05) is 32.3 Å². The number of rotatable bonds is 6. The highest BCUT2D eigenvalue weighted by Gasteiger charge is 2.29. The van der Waals surface area contributed by atoms with Gasteiger partial charge in [0.15, 0.2) is 0 Å². The lowest BCUT2D eigenvalue weighted by atomic mass is 9.99. The highest BCUT2D eigenvalue weighted by Crippen LogP contribution is 2.23. The molecule has 1 aliphatic heterocycles. The summed E-state index contributed by atoms with van der Waals surface area (Å²) in [5, 5.41) is 0. The third-order valence-corrected chi connectivity index (χ3v) is 7.38. The Morgan fingerprint density at radius 3 is 2.21 bits per heavy atom. The summed E-state index contributed by atoms with van der Waals surface area (Å²) in [5.74, 6) is 0.314. The normalized spacial score (nSPS) is 16.8. The van der Waals surface area contributed by atoms with Crippen molar-refractivity contribution in [2.75, 3.05) is 26.2 Å². The van der Waals surface area contributed by atoms with Gasteiger partial charge in [-0.25, -0.2) is 8.42 Å². The van der Waals surface area contributed by atoms with Gasteiger partial charge in [0.25, 0.3) is 0 Å². The number of sulfonamides is 1. The van der Waals surface area contributed by atoms with Crippen LogP contribution in [-0.2, 0) is 14.8 Å². The molecule has 0 aliphatic carbocycles. The average molecular weight is 413 g/mol. The molecule has 1 aliphatic rings. The van der Waals surface area contributed by atoms with Gasteiger partial charge in [-0.15, -0.1) is 0 Å². The zero-order valence-corrected chi connectivity index (χ0v) is 17.8.